The lowest BCUT2D eigenvalue weighted by Crippen LogP contribution is -2.46. The number of carbonyl (C=O) groups is 1. The second kappa shape index (κ2) is 5.85. The lowest BCUT2D eigenvalue weighted by atomic mass is 9.87. The van der Waals surface area contributed by atoms with E-state index in [2.05, 4.69) is 45.3 Å². The maximum atomic E-state index is 11.8. The van der Waals surface area contributed by atoms with Crippen molar-refractivity contribution in [2.75, 3.05) is 6.54 Å². The Morgan fingerprint density at radius 2 is 2.00 bits per heavy atom. The first-order valence-corrected chi connectivity index (χ1v) is 6.85. The summed E-state index contributed by atoms with van der Waals surface area (Å²) in [5, 5.41) is 6.43. The molecule has 2 atom stereocenters. The van der Waals surface area contributed by atoms with Crippen LogP contribution < -0.4 is 10.6 Å². The van der Waals surface area contributed by atoms with Gasteiger partial charge in [-0.2, -0.15) is 0 Å². The zero-order valence-corrected chi connectivity index (χ0v) is 12.0. The van der Waals surface area contributed by atoms with Gasteiger partial charge >= 0.3 is 0 Å². The van der Waals surface area contributed by atoms with Gasteiger partial charge in [-0.3, -0.25) is 4.79 Å². The number of hydrogen-bond acceptors (Lipinski definition) is 2. The van der Waals surface area contributed by atoms with Gasteiger partial charge in [0.1, 0.15) is 0 Å². The molecule has 2 unspecified atom stereocenters. The highest BCUT2D eigenvalue weighted by Gasteiger charge is 2.34. The SMILES string of the molecule is CC(C)C(C)NC(=O)CNC1CCCC1(C)C. The summed E-state index contributed by atoms with van der Waals surface area (Å²) in [4.78, 5) is 11.8. The van der Waals surface area contributed by atoms with Crippen LogP contribution in [-0.2, 0) is 4.79 Å². The largest absolute Gasteiger partial charge is 0.352 e. The minimum absolute atomic E-state index is 0.119. The van der Waals surface area contributed by atoms with E-state index < -0.39 is 0 Å². The fraction of sp³-hybridized carbons (Fsp3) is 0.929. The van der Waals surface area contributed by atoms with Gasteiger partial charge in [0.05, 0.1) is 6.54 Å². The second-order valence-corrected chi connectivity index (χ2v) is 6.41. The predicted molar refractivity (Wildman–Crippen MR) is 71.9 cm³/mol. The molecule has 0 aromatic heterocycles. The van der Waals surface area contributed by atoms with Crippen LogP contribution in [0.2, 0.25) is 0 Å². The summed E-state index contributed by atoms with van der Waals surface area (Å²) in [7, 11) is 0. The van der Waals surface area contributed by atoms with Gasteiger partial charge in [0.25, 0.3) is 0 Å². The fourth-order valence-corrected chi connectivity index (χ4v) is 2.39. The topological polar surface area (TPSA) is 41.1 Å². The molecule has 0 radical (unpaired) electrons. The molecule has 3 nitrogen and oxygen atoms in total. The van der Waals surface area contributed by atoms with Crippen molar-refractivity contribution in [1.82, 2.24) is 10.6 Å². The maximum Gasteiger partial charge on any atom is 0.234 e. The van der Waals surface area contributed by atoms with Crippen molar-refractivity contribution in [2.24, 2.45) is 11.3 Å². The molecule has 1 rings (SSSR count). The minimum Gasteiger partial charge on any atom is -0.352 e. The van der Waals surface area contributed by atoms with Crippen LogP contribution in [0.3, 0.4) is 0 Å². The van der Waals surface area contributed by atoms with E-state index >= 15 is 0 Å². The molecule has 1 aliphatic rings. The Labute approximate surface area is 106 Å². The lowest BCUT2D eigenvalue weighted by Gasteiger charge is -2.28. The molecule has 0 heterocycles. The summed E-state index contributed by atoms with van der Waals surface area (Å²) in [5.41, 5.74) is 0.337. The zero-order chi connectivity index (χ0) is 13.1. The maximum absolute atomic E-state index is 11.8. The third kappa shape index (κ3) is 4.30. The average molecular weight is 240 g/mol. The van der Waals surface area contributed by atoms with E-state index in [1.807, 2.05) is 0 Å². The Morgan fingerprint density at radius 3 is 2.47 bits per heavy atom. The molecule has 100 valence electrons. The summed E-state index contributed by atoms with van der Waals surface area (Å²) in [6, 6.07) is 0.739. The van der Waals surface area contributed by atoms with Crippen LogP contribution in [0.15, 0.2) is 0 Å². The molecule has 0 aromatic rings. The molecule has 0 saturated heterocycles. The fourth-order valence-electron chi connectivity index (χ4n) is 2.39. The van der Waals surface area contributed by atoms with Gasteiger partial charge in [-0.25, -0.2) is 0 Å². The van der Waals surface area contributed by atoms with Crippen molar-refractivity contribution in [3.05, 3.63) is 0 Å². The number of nitrogens with one attached hydrogen (secondary N) is 2. The molecule has 1 fully saturated rings. The summed E-state index contributed by atoms with van der Waals surface area (Å²) in [6.07, 6.45) is 3.73. The third-order valence-corrected chi connectivity index (χ3v) is 4.15. The monoisotopic (exact) mass is 240 g/mol. The summed E-state index contributed by atoms with van der Waals surface area (Å²) in [6.45, 7) is 11.3. The number of carbonyl (C=O) groups excluding carboxylic acids is 1. The highest BCUT2D eigenvalue weighted by molar-refractivity contribution is 5.78. The van der Waals surface area contributed by atoms with Crippen LogP contribution in [0, 0.1) is 11.3 Å². The van der Waals surface area contributed by atoms with E-state index in [1.165, 1.54) is 19.3 Å². The van der Waals surface area contributed by atoms with Gasteiger partial charge in [0.15, 0.2) is 0 Å². The Hall–Kier alpha value is -0.570. The summed E-state index contributed by atoms with van der Waals surface area (Å²) >= 11 is 0. The van der Waals surface area contributed by atoms with Crippen molar-refractivity contribution in [2.45, 2.75) is 66.0 Å². The standard InChI is InChI=1S/C14H28N2O/c1-10(2)11(3)16-13(17)9-15-12-7-6-8-14(12,4)5/h10-12,15H,6-9H2,1-5H3,(H,16,17). The van der Waals surface area contributed by atoms with Crippen LogP contribution in [0.5, 0.6) is 0 Å². The Morgan fingerprint density at radius 1 is 1.35 bits per heavy atom. The van der Waals surface area contributed by atoms with Crippen LogP contribution in [0.1, 0.15) is 53.9 Å². The number of hydrogen-bond donors (Lipinski definition) is 2. The van der Waals surface area contributed by atoms with Crippen molar-refractivity contribution >= 4 is 5.91 Å². The van der Waals surface area contributed by atoms with Crippen molar-refractivity contribution in [3.63, 3.8) is 0 Å². The molecule has 0 bridgehead atoms. The predicted octanol–water partition coefficient (Wildman–Crippen LogP) is 2.32. The molecular formula is C14H28N2O. The molecule has 0 aromatic carbocycles. The number of rotatable bonds is 5. The van der Waals surface area contributed by atoms with Gasteiger partial charge < -0.3 is 10.6 Å². The number of amides is 1. The Kier molecular flexibility index (Phi) is 4.99. The molecule has 2 N–H and O–H groups in total. The van der Waals surface area contributed by atoms with Crippen molar-refractivity contribution < 1.29 is 4.79 Å². The van der Waals surface area contributed by atoms with E-state index in [0.29, 0.717) is 23.9 Å². The van der Waals surface area contributed by atoms with E-state index in [0.717, 1.165) is 0 Å². The summed E-state index contributed by atoms with van der Waals surface area (Å²) in [5.74, 6) is 0.607. The smallest absolute Gasteiger partial charge is 0.234 e. The molecule has 1 saturated carbocycles. The third-order valence-electron chi connectivity index (χ3n) is 4.15. The summed E-state index contributed by atoms with van der Waals surface area (Å²) < 4.78 is 0. The highest BCUT2D eigenvalue weighted by atomic mass is 16.1. The van der Waals surface area contributed by atoms with Gasteiger partial charge in [-0.15, -0.1) is 0 Å². The van der Waals surface area contributed by atoms with E-state index in [-0.39, 0.29) is 11.9 Å². The van der Waals surface area contributed by atoms with Gasteiger partial charge in [-0.1, -0.05) is 34.1 Å². The first kappa shape index (κ1) is 14.5. The van der Waals surface area contributed by atoms with Gasteiger partial charge in [0, 0.05) is 12.1 Å². The van der Waals surface area contributed by atoms with Crippen LogP contribution >= 0.6 is 0 Å². The molecule has 0 aliphatic heterocycles. The molecule has 3 heteroatoms. The molecule has 17 heavy (non-hydrogen) atoms. The molecule has 1 amide bonds. The molecule has 0 spiro atoms. The second-order valence-electron chi connectivity index (χ2n) is 6.41. The van der Waals surface area contributed by atoms with Gasteiger partial charge in [0.2, 0.25) is 5.91 Å². The lowest BCUT2D eigenvalue weighted by molar-refractivity contribution is -0.121. The zero-order valence-electron chi connectivity index (χ0n) is 12.0. The average Bonchev–Trinajstić information content (AvgIpc) is 2.54. The Balaban J connectivity index is 2.29. The first-order chi connectivity index (χ1) is 7.83. The van der Waals surface area contributed by atoms with Crippen LogP contribution in [-0.4, -0.2) is 24.5 Å². The highest BCUT2D eigenvalue weighted by Crippen LogP contribution is 2.36. The van der Waals surface area contributed by atoms with Crippen molar-refractivity contribution in [1.29, 1.82) is 0 Å². The normalized spacial score (nSPS) is 24.9. The van der Waals surface area contributed by atoms with Crippen LogP contribution in [0.25, 0.3) is 0 Å². The van der Waals surface area contributed by atoms with Crippen LogP contribution in [0.4, 0.5) is 0 Å². The molecular weight excluding hydrogens is 212 g/mol. The van der Waals surface area contributed by atoms with Gasteiger partial charge in [-0.05, 0) is 31.1 Å². The van der Waals surface area contributed by atoms with E-state index in [9.17, 15) is 4.79 Å². The molecule has 1 aliphatic carbocycles. The van der Waals surface area contributed by atoms with E-state index in [1.54, 1.807) is 0 Å². The Bertz CT molecular complexity index is 261. The quantitative estimate of drug-likeness (QED) is 0.774. The van der Waals surface area contributed by atoms with Crippen molar-refractivity contribution in [3.8, 4) is 0 Å². The van der Waals surface area contributed by atoms with E-state index in [4.69, 9.17) is 0 Å². The minimum atomic E-state index is 0.119. The first-order valence-electron chi connectivity index (χ1n) is 6.85.